The van der Waals surface area contributed by atoms with Crippen LogP contribution in [-0.2, 0) is 11.3 Å². The molecule has 0 fully saturated rings. The van der Waals surface area contributed by atoms with E-state index in [0.29, 0.717) is 11.6 Å². The first kappa shape index (κ1) is 8.63. The molecule has 2 heterocycles. The Balaban J connectivity index is 2.24. The van der Waals surface area contributed by atoms with Crippen LogP contribution in [0, 0.1) is 0 Å². The van der Waals surface area contributed by atoms with Crippen LogP contribution in [0.4, 0.5) is 5.95 Å². The van der Waals surface area contributed by atoms with Crippen LogP contribution in [0.25, 0.3) is 11.7 Å². The number of rotatable bonds is 3. The van der Waals surface area contributed by atoms with Gasteiger partial charge in [0.15, 0.2) is 5.82 Å². The molecular formula is C6H8N6O2. The molecule has 0 saturated carbocycles. The van der Waals surface area contributed by atoms with Crippen LogP contribution in [-0.4, -0.2) is 32.4 Å². The lowest BCUT2D eigenvalue weighted by molar-refractivity contribution is 0.174. The fraction of sp³-hybridized carbons (Fsp3) is 0.333. The molecule has 0 bridgehead atoms. The molecule has 0 unspecified atom stereocenters. The summed E-state index contributed by atoms with van der Waals surface area (Å²) in [6.45, 7) is 0.285. The molecule has 0 radical (unpaired) electrons. The molecule has 0 aliphatic carbocycles. The van der Waals surface area contributed by atoms with Gasteiger partial charge < -0.3 is 15.0 Å². The van der Waals surface area contributed by atoms with Gasteiger partial charge in [-0.3, -0.25) is 5.10 Å². The molecule has 8 heteroatoms. The van der Waals surface area contributed by atoms with Crippen LogP contribution in [0.1, 0.15) is 5.82 Å². The molecule has 0 aliphatic rings. The van der Waals surface area contributed by atoms with E-state index < -0.39 is 0 Å². The maximum Gasteiger partial charge on any atom is 0.295 e. The largest absolute Gasteiger partial charge is 0.377 e. The Morgan fingerprint density at radius 3 is 3.00 bits per heavy atom. The SMILES string of the molecule is COCc1noc(-c2nc(N)n[nH]2)n1. The van der Waals surface area contributed by atoms with Gasteiger partial charge in [0, 0.05) is 7.11 Å². The molecule has 0 aromatic carbocycles. The highest BCUT2D eigenvalue weighted by Crippen LogP contribution is 2.12. The minimum atomic E-state index is 0.131. The summed E-state index contributed by atoms with van der Waals surface area (Å²) in [6.07, 6.45) is 0. The van der Waals surface area contributed by atoms with E-state index in [0.717, 1.165) is 0 Å². The minimum Gasteiger partial charge on any atom is -0.377 e. The van der Waals surface area contributed by atoms with Gasteiger partial charge in [0.2, 0.25) is 11.8 Å². The number of methoxy groups -OCH3 is 1. The third-order valence-corrected chi connectivity index (χ3v) is 1.45. The van der Waals surface area contributed by atoms with Gasteiger partial charge >= 0.3 is 0 Å². The van der Waals surface area contributed by atoms with E-state index in [1.54, 1.807) is 7.11 Å². The van der Waals surface area contributed by atoms with E-state index in [4.69, 9.17) is 15.0 Å². The van der Waals surface area contributed by atoms with Gasteiger partial charge in [-0.15, -0.1) is 5.10 Å². The zero-order valence-electron chi connectivity index (χ0n) is 7.39. The first-order valence-corrected chi connectivity index (χ1v) is 3.79. The van der Waals surface area contributed by atoms with Gasteiger partial charge in [-0.25, -0.2) is 0 Å². The summed E-state index contributed by atoms with van der Waals surface area (Å²) < 4.78 is 9.71. The topological polar surface area (TPSA) is 116 Å². The van der Waals surface area contributed by atoms with Crippen LogP contribution in [0.2, 0.25) is 0 Å². The monoisotopic (exact) mass is 196 g/mol. The number of hydrogen-bond donors (Lipinski definition) is 2. The van der Waals surface area contributed by atoms with Crippen molar-refractivity contribution in [2.24, 2.45) is 0 Å². The summed E-state index contributed by atoms with van der Waals surface area (Å²) >= 11 is 0. The van der Waals surface area contributed by atoms with E-state index in [1.807, 2.05) is 0 Å². The Bertz CT molecular complexity index is 421. The molecule has 3 N–H and O–H groups in total. The number of hydrogen-bond acceptors (Lipinski definition) is 7. The predicted molar refractivity (Wildman–Crippen MR) is 44.8 cm³/mol. The zero-order valence-corrected chi connectivity index (χ0v) is 7.39. The van der Waals surface area contributed by atoms with Gasteiger partial charge in [0.25, 0.3) is 5.89 Å². The van der Waals surface area contributed by atoms with Crippen molar-refractivity contribution >= 4 is 5.95 Å². The van der Waals surface area contributed by atoms with Crippen LogP contribution < -0.4 is 5.73 Å². The van der Waals surface area contributed by atoms with E-state index in [9.17, 15) is 0 Å². The van der Waals surface area contributed by atoms with Crippen molar-refractivity contribution in [2.45, 2.75) is 6.61 Å². The number of nitrogen functional groups attached to an aromatic ring is 1. The number of nitrogens with zero attached hydrogens (tertiary/aromatic N) is 4. The van der Waals surface area contributed by atoms with E-state index in [-0.39, 0.29) is 18.4 Å². The van der Waals surface area contributed by atoms with Crippen molar-refractivity contribution in [3.05, 3.63) is 5.82 Å². The van der Waals surface area contributed by atoms with Crippen molar-refractivity contribution in [3.8, 4) is 11.7 Å². The van der Waals surface area contributed by atoms with Crippen molar-refractivity contribution in [3.63, 3.8) is 0 Å². The predicted octanol–water partition coefficient (Wildman–Crippen LogP) is -0.417. The zero-order chi connectivity index (χ0) is 9.97. The Morgan fingerprint density at radius 2 is 2.36 bits per heavy atom. The van der Waals surface area contributed by atoms with Crippen molar-refractivity contribution in [2.75, 3.05) is 12.8 Å². The first-order chi connectivity index (χ1) is 6.79. The molecular weight excluding hydrogens is 188 g/mol. The summed E-state index contributed by atoms with van der Waals surface area (Å²) in [7, 11) is 1.54. The second-order valence-corrected chi connectivity index (χ2v) is 2.49. The molecule has 2 aromatic heterocycles. The minimum absolute atomic E-state index is 0.131. The van der Waals surface area contributed by atoms with E-state index >= 15 is 0 Å². The molecule has 2 aromatic rings. The standard InChI is InChI=1S/C6H8N6O2/c1-13-2-3-8-5(14-12-3)4-9-6(7)11-10-4/h2H2,1H3,(H3,7,9,10,11). The summed E-state index contributed by atoms with van der Waals surface area (Å²) in [4.78, 5) is 7.82. The van der Waals surface area contributed by atoms with Gasteiger partial charge in [0.1, 0.15) is 6.61 Å². The number of nitrogens with one attached hydrogen (secondary N) is 1. The molecule has 0 amide bonds. The van der Waals surface area contributed by atoms with Crippen molar-refractivity contribution < 1.29 is 9.26 Å². The fourth-order valence-corrected chi connectivity index (χ4v) is 0.908. The van der Waals surface area contributed by atoms with Gasteiger partial charge in [-0.05, 0) is 0 Å². The Kier molecular flexibility index (Phi) is 2.11. The first-order valence-electron chi connectivity index (χ1n) is 3.79. The van der Waals surface area contributed by atoms with Gasteiger partial charge in [0.05, 0.1) is 0 Å². The number of aromatic nitrogens is 5. The van der Waals surface area contributed by atoms with Gasteiger partial charge in [-0.1, -0.05) is 5.16 Å². The summed E-state index contributed by atoms with van der Waals surface area (Å²) in [5, 5.41) is 9.84. The Labute approximate surface area is 78.5 Å². The van der Waals surface area contributed by atoms with Crippen molar-refractivity contribution in [1.29, 1.82) is 0 Å². The molecule has 0 spiro atoms. The number of nitrogens with two attached hydrogens (primary N) is 1. The van der Waals surface area contributed by atoms with Crippen LogP contribution in [0.3, 0.4) is 0 Å². The van der Waals surface area contributed by atoms with Crippen LogP contribution in [0.15, 0.2) is 4.52 Å². The Hall–Kier alpha value is -1.96. The number of H-pyrrole nitrogens is 1. The van der Waals surface area contributed by atoms with Gasteiger partial charge in [-0.2, -0.15) is 9.97 Å². The number of ether oxygens (including phenoxy) is 1. The third kappa shape index (κ3) is 1.55. The lowest BCUT2D eigenvalue weighted by Crippen LogP contribution is -1.89. The summed E-state index contributed by atoms with van der Waals surface area (Å²) in [6, 6.07) is 0. The molecule has 0 atom stereocenters. The molecule has 2 rings (SSSR count). The fourth-order valence-electron chi connectivity index (χ4n) is 0.908. The summed E-state index contributed by atoms with van der Waals surface area (Å²) in [5.74, 6) is 1.16. The molecule has 0 saturated heterocycles. The molecule has 14 heavy (non-hydrogen) atoms. The second-order valence-electron chi connectivity index (χ2n) is 2.49. The third-order valence-electron chi connectivity index (χ3n) is 1.45. The lowest BCUT2D eigenvalue weighted by atomic mass is 10.6. The van der Waals surface area contributed by atoms with Crippen LogP contribution in [0.5, 0.6) is 0 Å². The smallest absolute Gasteiger partial charge is 0.295 e. The van der Waals surface area contributed by atoms with Crippen molar-refractivity contribution in [1.82, 2.24) is 25.3 Å². The Morgan fingerprint density at radius 1 is 1.50 bits per heavy atom. The maximum atomic E-state index is 5.31. The highest BCUT2D eigenvalue weighted by Gasteiger charge is 2.11. The average Bonchev–Trinajstić information content (AvgIpc) is 2.74. The maximum absolute atomic E-state index is 5.31. The van der Waals surface area contributed by atoms with Crippen LogP contribution >= 0.6 is 0 Å². The molecule has 74 valence electrons. The summed E-state index contributed by atoms with van der Waals surface area (Å²) in [5.41, 5.74) is 5.31. The second kappa shape index (κ2) is 3.42. The highest BCUT2D eigenvalue weighted by molar-refractivity contribution is 5.41. The van der Waals surface area contributed by atoms with E-state index in [2.05, 4.69) is 25.3 Å². The highest BCUT2D eigenvalue weighted by atomic mass is 16.5. The average molecular weight is 196 g/mol. The quantitative estimate of drug-likeness (QED) is 0.684. The van der Waals surface area contributed by atoms with E-state index in [1.165, 1.54) is 0 Å². The normalized spacial score (nSPS) is 10.6. The lowest BCUT2D eigenvalue weighted by Gasteiger charge is -1.86. The number of anilines is 1. The number of aromatic amines is 1. The molecule has 8 nitrogen and oxygen atoms in total. The molecule has 0 aliphatic heterocycles.